The van der Waals surface area contributed by atoms with E-state index in [0.717, 1.165) is 25.0 Å². The first kappa shape index (κ1) is 18.4. The third kappa shape index (κ3) is 4.23. The summed E-state index contributed by atoms with van der Waals surface area (Å²) in [6.07, 6.45) is -1.40. The van der Waals surface area contributed by atoms with Crippen LogP contribution in [-0.2, 0) is 11.0 Å². The van der Waals surface area contributed by atoms with Gasteiger partial charge in [0, 0.05) is 5.92 Å². The molecule has 26 heavy (non-hydrogen) atoms. The summed E-state index contributed by atoms with van der Waals surface area (Å²) in [6.45, 7) is 0. The average Bonchev–Trinajstić information content (AvgIpc) is 2.63. The van der Waals surface area contributed by atoms with Crippen molar-refractivity contribution >= 4 is 11.6 Å². The van der Waals surface area contributed by atoms with Crippen LogP contribution in [0.3, 0.4) is 0 Å². The molecule has 0 aliphatic heterocycles. The number of anilines is 1. The number of halogens is 4. The highest BCUT2D eigenvalue weighted by Gasteiger charge is 2.32. The Balaban J connectivity index is 1.68. The zero-order valence-electron chi connectivity index (χ0n) is 14.0. The van der Waals surface area contributed by atoms with Crippen LogP contribution in [0, 0.1) is 11.7 Å². The molecule has 3 rings (SSSR count). The third-order valence-electron chi connectivity index (χ3n) is 4.87. The highest BCUT2D eigenvalue weighted by Crippen LogP contribution is 2.37. The van der Waals surface area contributed by atoms with Crippen LogP contribution in [0.4, 0.5) is 23.2 Å². The molecule has 2 nitrogen and oxygen atoms in total. The Hall–Kier alpha value is -2.37. The van der Waals surface area contributed by atoms with Crippen molar-refractivity contribution in [1.29, 1.82) is 0 Å². The van der Waals surface area contributed by atoms with Gasteiger partial charge in [-0.3, -0.25) is 4.79 Å². The predicted molar refractivity (Wildman–Crippen MR) is 91.2 cm³/mol. The van der Waals surface area contributed by atoms with E-state index in [-0.39, 0.29) is 23.4 Å². The minimum absolute atomic E-state index is 0.218. The smallest absolute Gasteiger partial charge is 0.323 e. The van der Waals surface area contributed by atoms with Gasteiger partial charge in [0.1, 0.15) is 5.82 Å². The molecule has 0 spiro atoms. The van der Waals surface area contributed by atoms with Gasteiger partial charge in [0.2, 0.25) is 5.91 Å². The zero-order valence-corrected chi connectivity index (χ0v) is 14.0. The monoisotopic (exact) mass is 365 g/mol. The lowest BCUT2D eigenvalue weighted by Gasteiger charge is -2.28. The summed E-state index contributed by atoms with van der Waals surface area (Å²) in [7, 11) is 0. The molecule has 0 bridgehead atoms. The number of carbonyl (C=O) groups excluding carboxylic acids is 1. The Morgan fingerprint density at radius 3 is 2.42 bits per heavy atom. The van der Waals surface area contributed by atoms with Gasteiger partial charge in [-0.15, -0.1) is 0 Å². The molecule has 0 heterocycles. The van der Waals surface area contributed by atoms with Crippen molar-refractivity contribution in [3.8, 4) is 0 Å². The molecular formula is C20H19F4NO. The van der Waals surface area contributed by atoms with E-state index in [2.05, 4.69) is 5.32 Å². The normalized spacial score (nSPS) is 20.6. The fourth-order valence-electron chi connectivity index (χ4n) is 3.48. The number of carbonyl (C=O) groups is 1. The molecule has 138 valence electrons. The Kier molecular flexibility index (Phi) is 5.30. The maximum Gasteiger partial charge on any atom is 0.416 e. The van der Waals surface area contributed by atoms with E-state index in [4.69, 9.17) is 0 Å². The summed E-state index contributed by atoms with van der Waals surface area (Å²) in [4.78, 5) is 12.5. The molecule has 0 aromatic heterocycles. The molecule has 1 fully saturated rings. The lowest BCUT2D eigenvalue weighted by molar-refractivity contribution is -0.137. The fourth-order valence-corrected chi connectivity index (χ4v) is 3.48. The van der Waals surface area contributed by atoms with Crippen LogP contribution >= 0.6 is 0 Å². The summed E-state index contributed by atoms with van der Waals surface area (Å²) >= 11 is 0. The topological polar surface area (TPSA) is 29.1 Å². The van der Waals surface area contributed by atoms with Crippen molar-refractivity contribution in [2.75, 3.05) is 5.32 Å². The summed E-state index contributed by atoms with van der Waals surface area (Å²) in [5.74, 6) is -1.44. The molecule has 1 N–H and O–H groups in total. The maximum absolute atomic E-state index is 13.9. The standard InChI is InChI=1S/C20H19F4NO/c21-17-12-16(20(22,23)24)9-10-18(17)25-19(26)15-8-4-7-14(11-15)13-5-2-1-3-6-13/h1-3,5-6,9-10,12,14-15H,4,7-8,11H2,(H,25,26). The zero-order chi connectivity index (χ0) is 18.7. The van der Waals surface area contributed by atoms with Crippen molar-refractivity contribution < 1.29 is 22.4 Å². The van der Waals surface area contributed by atoms with E-state index in [1.165, 1.54) is 5.56 Å². The van der Waals surface area contributed by atoms with Gasteiger partial charge in [0.05, 0.1) is 11.3 Å². The van der Waals surface area contributed by atoms with E-state index in [9.17, 15) is 22.4 Å². The molecule has 1 saturated carbocycles. The van der Waals surface area contributed by atoms with Crippen LogP contribution in [-0.4, -0.2) is 5.91 Å². The minimum Gasteiger partial charge on any atom is -0.323 e. The highest BCUT2D eigenvalue weighted by molar-refractivity contribution is 5.92. The second-order valence-electron chi connectivity index (χ2n) is 6.65. The Morgan fingerprint density at radius 2 is 1.77 bits per heavy atom. The molecule has 1 aliphatic rings. The summed E-state index contributed by atoms with van der Waals surface area (Å²) in [6, 6.07) is 12.0. The van der Waals surface area contributed by atoms with Gasteiger partial charge < -0.3 is 5.32 Å². The molecule has 0 saturated heterocycles. The number of nitrogens with one attached hydrogen (secondary N) is 1. The van der Waals surface area contributed by atoms with Crippen molar-refractivity contribution in [1.82, 2.24) is 0 Å². The van der Waals surface area contributed by atoms with Gasteiger partial charge in [-0.25, -0.2) is 4.39 Å². The first-order valence-corrected chi connectivity index (χ1v) is 8.57. The molecule has 2 unspecified atom stereocenters. The number of amides is 1. The maximum atomic E-state index is 13.9. The van der Waals surface area contributed by atoms with Crippen molar-refractivity contribution in [2.45, 2.75) is 37.8 Å². The Labute approximate surface area is 149 Å². The van der Waals surface area contributed by atoms with Crippen LogP contribution in [0.5, 0.6) is 0 Å². The van der Waals surface area contributed by atoms with Gasteiger partial charge in [-0.05, 0) is 48.9 Å². The number of rotatable bonds is 3. The van der Waals surface area contributed by atoms with Crippen LogP contribution in [0.15, 0.2) is 48.5 Å². The lowest BCUT2D eigenvalue weighted by atomic mass is 9.77. The molecule has 2 atom stereocenters. The molecule has 2 aromatic rings. The minimum atomic E-state index is -4.62. The van der Waals surface area contributed by atoms with E-state index in [1.807, 2.05) is 30.3 Å². The molecule has 2 aromatic carbocycles. The van der Waals surface area contributed by atoms with Gasteiger partial charge in [-0.2, -0.15) is 13.2 Å². The SMILES string of the molecule is O=C(Nc1ccc(C(F)(F)F)cc1F)C1CCCC(c2ccccc2)C1. The van der Waals surface area contributed by atoms with E-state index >= 15 is 0 Å². The van der Waals surface area contributed by atoms with Gasteiger partial charge >= 0.3 is 6.18 Å². The van der Waals surface area contributed by atoms with Crippen LogP contribution < -0.4 is 5.32 Å². The summed E-state index contributed by atoms with van der Waals surface area (Å²) in [5.41, 5.74) is -0.120. The quantitative estimate of drug-likeness (QED) is 0.689. The second-order valence-corrected chi connectivity index (χ2v) is 6.65. The van der Waals surface area contributed by atoms with E-state index in [1.54, 1.807) is 0 Å². The predicted octanol–water partition coefficient (Wildman–Crippen LogP) is 5.76. The first-order chi connectivity index (χ1) is 12.3. The van der Waals surface area contributed by atoms with Gasteiger partial charge in [0.15, 0.2) is 0 Å². The third-order valence-corrected chi connectivity index (χ3v) is 4.87. The van der Waals surface area contributed by atoms with Crippen molar-refractivity contribution in [3.63, 3.8) is 0 Å². The number of hydrogen-bond acceptors (Lipinski definition) is 1. The van der Waals surface area contributed by atoms with Gasteiger partial charge in [0.25, 0.3) is 0 Å². The first-order valence-electron chi connectivity index (χ1n) is 8.57. The molecule has 0 radical (unpaired) electrons. The Bertz CT molecular complexity index is 773. The largest absolute Gasteiger partial charge is 0.416 e. The lowest BCUT2D eigenvalue weighted by Crippen LogP contribution is -2.28. The highest BCUT2D eigenvalue weighted by atomic mass is 19.4. The molecule has 1 aliphatic carbocycles. The molecule has 1 amide bonds. The van der Waals surface area contributed by atoms with Crippen molar-refractivity contribution in [3.05, 3.63) is 65.5 Å². The molecular weight excluding hydrogens is 346 g/mol. The Morgan fingerprint density at radius 1 is 1.04 bits per heavy atom. The van der Waals surface area contributed by atoms with Crippen LogP contribution in [0.1, 0.15) is 42.7 Å². The number of benzene rings is 2. The van der Waals surface area contributed by atoms with Gasteiger partial charge in [-0.1, -0.05) is 36.8 Å². The van der Waals surface area contributed by atoms with E-state index in [0.29, 0.717) is 18.9 Å². The van der Waals surface area contributed by atoms with E-state index < -0.39 is 17.6 Å². The molecule has 6 heteroatoms. The van der Waals surface area contributed by atoms with Crippen LogP contribution in [0.25, 0.3) is 0 Å². The summed E-state index contributed by atoms with van der Waals surface area (Å²) in [5, 5.41) is 2.45. The average molecular weight is 365 g/mol. The number of hydrogen-bond donors (Lipinski definition) is 1. The van der Waals surface area contributed by atoms with Crippen LogP contribution in [0.2, 0.25) is 0 Å². The second kappa shape index (κ2) is 7.48. The van der Waals surface area contributed by atoms with Crippen molar-refractivity contribution in [2.24, 2.45) is 5.92 Å². The number of alkyl halides is 3. The summed E-state index contributed by atoms with van der Waals surface area (Å²) < 4.78 is 51.7. The fraction of sp³-hybridized carbons (Fsp3) is 0.350.